The Morgan fingerprint density at radius 1 is 1.33 bits per heavy atom. The van der Waals surface area contributed by atoms with E-state index in [1.807, 2.05) is 13.8 Å². The minimum absolute atomic E-state index is 0.00423. The number of carbonyl (C=O) groups is 3. The van der Waals surface area contributed by atoms with Crippen LogP contribution in [0.4, 0.5) is 0 Å². The van der Waals surface area contributed by atoms with E-state index in [0.717, 1.165) is 26.1 Å². The molecule has 0 saturated carbocycles. The lowest BCUT2D eigenvalue weighted by Gasteiger charge is -2.38. The van der Waals surface area contributed by atoms with E-state index in [9.17, 15) is 19.5 Å². The smallest absolute Gasteiger partial charge is 0.310 e. The predicted octanol–water partition coefficient (Wildman–Crippen LogP) is 0.106. The Kier molecular flexibility index (Phi) is 7.57. The van der Waals surface area contributed by atoms with Crippen molar-refractivity contribution in [1.29, 1.82) is 0 Å². The Morgan fingerprint density at radius 2 is 2.06 bits per heavy atom. The van der Waals surface area contributed by atoms with Crippen LogP contribution in [0.5, 0.6) is 0 Å². The third kappa shape index (κ3) is 4.28. The van der Waals surface area contributed by atoms with Crippen molar-refractivity contribution < 1.29 is 29.0 Å². The summed E-state index contributed by atoms with van der Waals surface area (Å²) < 4.78 is 10.1. The highest BCUT2D eigenvalue weighted by Crippen LogP contribution is 2.66. The molecule has 4 aliphatic rings. The minimum atomic E-state index is -0.700. The molecule has 0 radical (unpaired) electrons. The number of esters is 1. The van der Waals surface area contributed by atoms with Crippen molar-refractivity contribution >= 4 is 29.5 Å². The van der Waals surface area contributed by atoms with Gasteiger partial charge in [-0.25, -0.2) is 0 Å². The van der Waals surface area contributed by atoms with Crippen molar-refractivity contribution in [1.82, 2.24) is 15.1 Å². The highest BCUT2D eigenvalue weighted by atomic mass is 32.2. The molecular weight excluding hydrogens is 446 g/mol. The van der Waals surface area contributed by atoms with Crippen LogP contribution in [0.3, 0.4) is 0 Å². The summed E-state index contributed by atoms with van der Waals surface area (Å²) in [5.74, 6) is -1.85. The number of hydrogen-bond acceptors (Lipinski definition) is 8. The largest absolute Gasteiger partial charge is 0.466 e. The zero-order valence-electron chi connectivity index (χ0n) is 19.8. The fraction of sp³-hybridized carbons (Fsp3) is 0.870. The van der Waals surface area contributed by atoms with E-state index >= 15 is 0 Å². The maximum Gasteiger partial charge on any atom is 0.310 e. The van der Waals surface area contributed by atoms with Crippen molar-refractivity contribution in [3.63, 3.8) is 0 Å². The number of morpholine rings is 1. The Balaban J connectivity index is 1.59. The Bertz CT molecular complexity index is 760. The standard InChI is InChI=1S/C23H37N3O6S/c1-4-32-22(30)17-16-5-6-23(33-16)18(17)21(29)26(15(13-27)14(2)3)19(23)20(28)24-7-8-25-9-11-31-12-10-25/h14-19,27H,4-13H2,1-3H3,(H,24,28)/t15-,16+,17-,18-,19?,23?/m0/s1. The van der Waals surface area contributed by atoms with Gasteiger partial charge < -0.3 is 24.8 Å². The molecule has 0 aromatic carbocycles. The molecule has 10 heteroatoms. The summed E-state index contributed by atoms with van der Waals surface area (Å²) in [6.45, 7) is 9.99. The van der Waals surface area contributed by atoms with Crippen LogP contribution >= 0.6 is 11.8 Å². The van der Waals surface area contributed by atoms with Gasteiger partial charge in [0.25, 0.3) is 0 Å². The van der Waals surface area contributed by atoms with Gasteiger partial charge in [0.1, 0.15) is 6.04 Å². The molecule has 2 amide bonds. The van der Waals surface area contributed by atoms with Crippen molar-refractivity contribution in [3.8, 4) is 0 Å². The minimum Gasteiger partial charge on any atom is -0.466 e. The quantitative estimate of drug-likeness (QED) is 0.445. The molecule has 1 spiro atoms. The summed E-state index contributed by atoms with van der Waals surface area (Å²) in [7, 11) is 0. The van der Waals surface area contributed by atoms with Gasteiger partial charge >= 0.3 is 5.97 Å². The van der Waals surface area contributed by atoms with Crippen LogP contribution in [0.1, 0.15) is 33.6 Å². The lowest BCUT2D eigenvalue weighted by atomic mass is 9.71. The van der Waals surface area contributed by atoms with E-state index in [-0.39, 0.29) is 42.2 Å². The predicted molar refractivity (Wildman–Crippen MR) is 124 cm³/mol. The van der Waals surface area contributed by atoms with Crippen LogP contribution in [-0.4, -0.2) is 107 Å². The number of ether oxygens (including phenoxy) is 2. The number of fused-ring (bicyclic) bond motifs is 1. The van der Waals surface area contributed by atoms with Gasteiger partial charge in [-0.1, -0.05) is 13.8 Å². The highest BCUT2D eigenvalue weighted by Gasteiger charge is 2.74. The van der Waals surface area contributed by atoms with E-state index in [2.05, 4.69) is 10.2 Å². The number of likely N-dealkylation sites (tertiary alicyclic amines) is 1. The topological polar surface area (TPSA) is 108 Å². The van der Waals surface area contributed by atoms with E-state index in [4.69, 9.17) is 9.47 Å². The van der Waals surface area contributed by atoms with Gasteiger partial charge in [0.05, 0.1) is 49.1 Å². The second-order valence-corrected chi connectivity index (χ2v) is 11.4. The first-order valence-electron chi connectivity index (χ1n) is 12.2. The molecule has 33 heavy (non-hydrogen) atoms. The molecule has 2 bridgehead atoms. The number of aliphatic hydroxyl groups is 1. The van der Waals surface area contributed by atoms with Crippen molar-refractivity contribution in [2.75, 3.05) is 52.6 Å². The molecule has 4 heterocycles. The monoisotopic (exact) mass is 483 g/mol. The molecule has 4 rings (SSSR count). The Labute approximate surface area is 199 Å². The Morgan fingerprint density at radius 3 is 2.70 bits per heavy atom. The summed E-state index contributed by atoms with van der Waals surface area (Å²) in [5.41, 5.74) is 0. The van der Waals surface area contributed by atoms with E-state index in [1.54, 1.807) is 23.6 Å². The van der Waals surface area contributed by atoms with Crippen molar-refractivity contribution in [3.05, 3.63) is 0 Å². The zero-order chi connectivity index (χ0) is 23.8. The second kappa shape index (κ2) is 10.1. The molecule has 6 atom stereocenters. The molecule has 4 fully saturated rings. The van der Waals surface area contributed by atoms with Gasteiger partial charge in [-0.05, 0) is 25.7 Å². The van der Waals surface area contributed by atoms with Crippen LogP contribution in [0.15, 0.2) is 0 Å². The fourth-order valence-electron chi connectivity index (χ4n) is 6.13. The number of carbonyl (C=O) groups excluding carboxylic acids is 3. The number of nitrogens with one attached hydrogen (secondary N) is 1. The Hall–Kier alpha value is -1.36. The molecule has 0 aromatic heterocycles. The summed E-state index contributed by atoms with van der Waals surface area (Å²) in [5, 5.41) is 13.2. The van der Waals surface area contributed by atoms with Crippen LogP contribution in [0.2, 0.25) is 0 Å². The first kappa shape index (κ1) is 24.8. The number of hydrogen-bond donors (Lipinski definition) is 2. The lowest BCUT2D eigenvalue weighted by molar-refractivity contribution is -0.154. The van der Waals surface area contributed by atoms with Crippen LogP contribution in [0.25, 0.3) is 0 Å². The first-order valence-corrected chi connectivity index (χ1v) is 13.1. The molecular formula is C23H37N3O6S. The zero-order valence-corrected chi connectivity index (χ0v) is 20.6. The number of thioether (sulfide) groups is 1. The number of aliphatic hydroxyl groups excluding tert-OH is 1. The maximum absolute atomic E-state index is 13.8. The van der Waals surface area contributed by atoms with Crippen LogP contribution < -0.4 is 5.32 Å². The number of rotatable bonds is 9. The van der Waals surface area contributed by atoms with Crippen molar-refractivity contribution in [2.45, 2.75) is 55.7 Å². The summed E-state index contributed by atoms with van der Waals surface area (Å²) in [6, 6.07) is -1.18. The third-order valence-corrected chi connectivity index (χ3v) is 9.64. The fourth-order valence-corrected chi connectivity index (χ4v) is 8.33. The summed E-state index contributed by atoms with van der Waals surface area (Å²) in [4.78, 5) is 44.2. The van der Waals surface area contributed by atoms with Crippen molar-refractivity contribution in [2.24, 2.45) is 17.8 Å². The van der Waals surface area contributed by atoms with Gasteiger partial charge in [0, 0.05) is 31.4 Å². The summed E-state index contributed by atoms with van der Waals surface area (Å²) in [6.07, 6.45) is 1.50. The number of amides is 2. The van der Waals surface area contributed by atoms with E-state index in [1.165, 1.54) is 0 Å². The SMILES string of the molecule is CCOC(=O)[C@@H]1[C@H]2C(=O)N([C@@H](CO)C(C)C)C(C(=O)NCCN3CCOCC3)C23CC[C@H]1S3. The lowest BCUT2D eigenvalue weighted by Crippen LogP contribution is -2.58. The number of nitrogens with zero attached hydrogens (tertiary/aromatic N) is 2. The maximum atomic E-state index is 13.8. The molecule has 9 nitrogen and oxygen atoms in total. The molecule has 186 valence electrons. The van der Waals surface area contributed by atoms with Gasteiger partial charge in [-0.15, -0.1) is 11.8 Å². The normalized spacial score (nSPS) is 34.6. The highest BCUT2D eigenvalue weighted by molar-refractivity contribution is 8.02. The molecule has 0 aliphatic carbocycles. The van der Waals surface area contributed by atoms with Gasteiger partial charge in [0.2, 0.25) is 11.8 Å². The second-order valence-electron chi connectivity index (χ2n) is 9.79. The van der Waals surface area contributed by atoms with E-state index < -0.39 is 28.7 Å². The average molecular weight is 484 g/mol. The molecule has 4 saturated heterocycles. The van der Waals surface area contributed by atoms with Crippen LogP contribution in [-0.2, 0) is 23.9 Å². The molecule has 2 N–H and O–H groups in total. The van der Waals surface area contributed by atoms with Gasteiger partial charge in [-0.2, -0.15) is 0 Å². The van der Waals surface area contributed by atoms with Crippen LogP contribution in [0, 0.1) is 17.8 Å². The third-order valence-electron chi connectivity index (χ3n) is 7.69. The van der Waals surface area contributed by atoms with E-state index in [0.29, 0.717) is 26.2 Å². The molecule has 0 aromatic rings. The first-order chi connectivity index (χ1) is 15.9. The summed E-state index contributed by atoms with van der Waals surface area (Å²) >= 11 is 1.62. The van der Waals surface area contributed by atoms with Gasteiger partial charge in [-0.3, -0.25) is 19.3 Å². The molecule has 4 aliphatic heterocycles. The van der Waals surface area contributed by atoms with Gasteiger partial charge in [0.15, 0.2) is 0 Å². The molecule has 2 unspecified atom stereocenters. The average Bonchev–Trinajstić information content (AvgIpc) is 3.43.